The van der Waals surface area contributed by atoms with Crippen molar-refractivity contribution in [2.75, 3.05) is 42.3 Å². The molecule has 1 aliphatic rings. The second-order valence-electron chi connectivity index (χ2n) is 7.17. The number of morpholine rings is 1. The van der Waals surface area contributed by atoms with Crippen molar-refractivity contribution in [1.82, 2.24) is 20.2 Å². The maximum absolute atomic E-state index is 7.81. The highest BCUT2D eigenvalue weighted by Crippen LogP contribution is 2.35. The Labute approximate surface area is 182 Å². The lowest BCUT2D eigenvalue weighted by Crippen LogP contribution is -2.36. The summed E-state index contributed by atoms with van der Waals surface area (Å²) >= 11 is 1.68. The number of ether oxygens (including phenoxy) is 1. The van der Waals surface area contributed by atoms with E-state index in [1.807, 2.05) is 18.2 Å². The number of hydrogen-bond acceptors (Lipinski definition) is 9. The van der Waals surface area contributed by atoms with Gasteiger partial charge in [-0.05, 0) is 18.2 Å². The second kappa shape index (κ2) is 8.32. The number of nitrogen functional groups attached to an aromatic ring is 1. The number of anilines is 3. The molecule has 31 heavy (non-hydrogen) atoms. The Kier molecular flexibility index (Phi) is 5.23. The molecule has 0 saturated carbocycles. The lowest BCUT2D eigenvalue weighted by atomic mass is 10.1. The van der Waals surface area contributed by atoms with Gasteiger partial charge in [0.15, 0.2) is 11.6 Å². The second-order valence-corrected chi connectivity index (χ2v) is 8.31. The molecule has 9 nitrogen and oxygen atoms in total. The zero-order valence-corrected chi connectivity index (χ0v) is 17.6. The van der Waals surface area contributed by atoms with Gasteiger partial charge in [-0.1, -0.05) is 12.1 Å². The van der Waals surface area contributed by atoms with Crippen LogP contribution in [-0.2, 0) is 11.3 Å². The number of thiophene rings is 1. The van der Waals surface area contributed by atoms with Crippen molar-refractivity contribution < 1.29 is 4.74 Å². The summed E-state index contributed by atoms with van der Waals surface area (Å²) in [4.78, 5) is 13.2. The van der Waals surface area contributed by atoms with Crippen molar-refractivity contribution in [3.8, 4) is 11.4 Å². The molecule has 5 N–H and O–H groups in total. The summed E-state index contributed by atoms with van der Waals surface area (Å²) in [7, 11) is 0. The van der Waals surface area contributed by atoms with Gasteiger partial charge < -0.3 is 26.1 Å². The van der Waals surface area contributed by atoms with Crippen LogP contribution in [0.5, 0.6) is 0 Å². The third kappa shape index (κ3) is 3.82. The number of benzene rings is 1. The first-order valence-electron chi connectivity index (χ1n) is 9.98. The normalized spacial score (nSPS) is 14.1. The molecule has 4 heterocycles. The SMILES string of the molecule is N=Cc1c(N)cccc1-c1nc(N2CCOCC2)c2sc(CNc3ccn[nH]3)cc2n1. The van der Waals surface area contributed by atoms with Gasteiger partial charge in [0.05, 0.1) is 36.2 Å². The molecule has 0 atom stereocenters. The lowest BCUT2D eigenvalue weighted by Gasteiger charge is -2.28. The predicted octanol–water partition coefficient (Wildman–Crippen LogP) is 3.11. The van der Waals surface area contributed by atoms with Gasteiger partial charge in [-0.2, -0.15) is 5.10 Å². The van der Waals surface area contributed by atoms with Crippen LogP contribution in [0.1, 0.15) is 10.4 Å². The molecule has 1 fully saturated rings. The summed E-state index contributed by atoms with van der Waals surface area (Å²) in [5.74, 6) is 2.35. The molecule has 0 aliphatic carbocycles. The van der Waals surface area contributed by atoms with Crippen LogP contribution in [0.15, 0.2) is 36.5 Å². The van der Waals surface area contributed by atoms with Crippen molar-refractivity contribution in [2.24, 2.45) is 0 Å². The van der Waals surface area contributed by atoms with Gasteiger partial charge in [0.2, 0.25) is 0 Å². The molecule has 5 rings (SSSR count). The monoisotopic (exact) mass is 434 g/mol. The van der Waals surface area contributed by atoms with Crippen molar-refractivity contribution in [2.45, 2.75) is 6.54 Å². The maximum atomic E-state index is 7.81. The Morgan fingerprint density at radius 3 is 2.90 bits per heavy atom. The topological polar surface area (TPSA) is 129 Å². The number of nitrogens with two attached hydrogens (primary N) is 1. The molecular weight excluding hydrogens is 412 g/mol. The molecule has 1 aromatic carbocycles. The summed E-state index contributed by atoms with van der Waals surface area (Å²) in [6.07, 6.45) is 2.98. The summed E-state index contributed by atoms with van der Waals surface area (Å²) < 4.78 is 6.59. The van der Waals surface area contributed by atoms with Gasteiger partial charge in [-0.3, -0.25) is 5.10 Å². The molecule has 1 saturated heterocycles. The van der Waals surface area contributed by atoms with E-state index in [4.69, 9.17) is 25.8 Å². The van der Waals surface area contributed by atoms with E-state index in [1.165, 1.54) is 6.21 Å². The van der Waals surface area contributed by atoms with Crippen molar-refractivity contribution in [3.63, 3.8) is 0 Å². The van der Waals surface area contributed by atoms with Crippen LogP contribution >= 0.6 is 11.3 Å². The zero-order valence-electron chi connectivity index (χ0n) is 16.8. The Bertz CT molecular complexity index is 1210. The predicted molar refractivity (Wildman–Crippen MR) is 124 cm³/mol. The first kappa shape index (κ1) is 19.5. The summed E-state index contributed by atoms with van der Waals surface area (Å²) in [5, 5.41) is 18.0. The molecule has 0 amide bonds. The number of rotatable bonds is 6. The van der Waals surface area contributed by atoms with E-state index in [-0.39, 0.29) is 0 Å². The van der Waals surface area contributed by atoms with Gasteiger partial charge in [0, 0.05) is 41.0 Å². The van der Waals surface area contributed by atoms with Gasteiger partial charge in [-0.15, -0.1) is 11.3 Å². The minimum atomic E-state index is 0.541. The summed E-state index contributed by atoms with van der Waals surface area (Å²) in [6, 6.07) is 9.55. The number of fused-ring (bicyclic) bond motifs is 1. The first-order chi connectivity index (χ1) is 15.2. The number of nitrogens with zero attached hydrogens (tertiary/aromatic N) is 4. The molecule has 1 aliphatic heterocycles. The van der Waals surface area contributed by atoms with Crippen LogP contribution in [0.4, 0.5) is 17.3 Å². The fraction of sp³-hybridized carbons (Fsp3) is 0.238. The fourth-order valence-electron chi connectivity index (χ4n) is 3.64. The van der Waals surface area contributed by atoms with Crippen LogP contribution < -0.4 is 16.0 Å². The van der Waals surface area contributed by atoms with Crippen LogP contribution in [0.3, 0.4) is 0 Å². The highest BCUT2D eigenvalue weighted by atomic mass is 32.1. The van der Waals surface area contributed by atoms with E-state index < -0.39 is 0 Å². The van der Waals surface area contributed by atoms with E-state index in [0.717, 1.165) is 45.4 Å². The number of nitrogens with one attached hydrogen (secondary N) is 3. The number of aromatic amines is 1. The maximum Gasteiger partial charge on any atom is 0.162 e. The zero-order chi connectivity index (χ0) is 21.2. The Balaban J connectivity index is 1.60. The van der Waals surface area contributed by atoms with Crippen LogP contribution in [0, 0.1) is 5.41 Å². The van der Waals surface area contributed by atoms with E-state index in [2.05, 4.69) is 26.5 Å². The first-order valence-corrected chi connectivity index (χ1v) is 10.8. The van der Waals surface area contributed by atoms with Crippen LogP contribution in [0.2, 0.25) is 0 Å². The molecule has 0 unspecified atom stereocenters. The molecule has 0 radical (unpaired) electrons. The number of hydrogen-bond donors (Lipinski definition) is 4. The molecule has 0 bridgehead atoms. The Morgan fingerprint density at radius 2 is 2.13 bits per heavy atom. The average molecular weight is 435 g/mol. The third-order valence-electron chi connectivity index (χ3n) is 5.19. The highest BCUT2D eigenvalue weighted by molar-refractivity contribution is 7.19. The van der Waals surface area contributed by atoms with E-state index >= 15 is 0 Å². The largest absolute Gasteiger partial charge is 0.398 e. The van der Waals surface area contributed by atoms with Crippen LogP contribution in [0.25, 0.3) is 21.6 Å². The minimum absolute atomic E-state index is 0.541. The number of aromatic nitrogens is 4. The Morgan fingerprint density at radius 1 is 1.26 bits per heavy atom. The summed E-state index contributed by atoms with van der Waals surface area (Å²) in [5.41, 5.74) is 8.92. The third-order valence-corrected chi connectivity index (χ3v) is 6.31. The molecule has 158 valence electrons. The van der Waals surface area contributed by atoms with Crippen molar-refractivity contribution in [1.29, 1.82) is 5.41 Å². The van der Waals surface area contributed by atoms with E-state index in [0.29, 0.717) is 36.8 Å². The highest BCUT2D eigenvalue weighted by Gasteiger charge is 2.21. The van der Waals surface area contributed by atoms with Gasteiger partial charge in [-0.25, -0.2) is 9.97 Å². The molecular formula is C21H22N8OS. The van der Waals surface area contributed by atoms with E-state index in [1.54, 1.807) is 23.6 Å². The van der Waals surface area contributed by atoms with Crippen molar-refractivity contribution >= 4 is 45.1 Å². The Hall–Kier alpha value is -3.50. The molecule has 10 heteroatoms. The van der Waals surface area contributed by atoms with Gasteiger partial charge >= 0.3 is 0 Å². The average Bonchev–Trinajstić information content (AvgIpc) is 3.47. The molecule has 0 spiro atoms. The van der Waals surface area contributed by atoms with E-state index in [9.17, 15) is 0 Å². The minimum Gasteiger partial charge on any atom is -0.398 e. The molecule has 3 aromatic heterocycles. The quantitative estimate of drug-likeness (QED) is 0.271. The van der Waals surface area contributed by atoms with Crippen molar-refractivity contribution in [3.05, 3.63) is 47.0 Å². The van der Waals surface area contributed by atoms with Crippen LogP contribution in [-0.4, -0.2) is 52.7 Å². The fourth-order valence-corrected chi connectivity index (χ4v) is 4.69. The molecule has 4 aromatic rings. The van der Waals surface area contributed by atoms with Gasteiger partial charge in [0.25, 0.3) is 0 Å². The smallest absolute Gasteiger partial charge is 0.162 e. The lowest BCUT2D eigenvalue weighted by molar-refractivity contribution is 0.122. The summed E-state index contributed by atoms with van der Waals surface area (Å²) in [6.45, 7) is 3.55. The standard InChI is InChI=1S/C21H22N8OS/c22-11-15-14(2-1-3-16(15)23)20-26-17-10-13(12-24-18-4-5-25-28-18)31-19(17)21(27-20)29-6-8-30-9-7-29/h1-5,10-11,22H,6-9,12,23H2,(H2,24,25,28). The number of H-pyrrole nitrogens is 1. The van der Waals surface area contributed by atoms with Gasteiger partial charge in [0.1, 0.15) is 5.82 Å².